The number of aromatic nitrogens is 2. The van der Waals surface area contributed by atoms with Crippen molar-refractivity contribution in [3.05, 3.63) is 52.0 Å². The molecule has 3 heterocycles. The van der Waals surface area contributed by atoms with Crippen molar-refractivity contribution >= 4 is 28.3 Å². The van der Waals surface area contributed by atoms with Gasteiger partial charge in [-0.25, -0.2) is 4.98 Å². The number of piperidine rings is 1. The summed E-state index contributed by atoms with van der Waals surface area (Å²) in [5.41, 5.74) is 4.91. The summed E-state index contributed by atoms with van der Waals surface area (Å²) < 4.78 is 2.29. The van der Waals surface area contributed by atoms with E-state index in [4.69, 9.17) is 0 Å². The molecule has 136 valence electrons. The molecular formula is C21H25N3OS. The standard InChI is InChI=1S/C21H25N3OS/c1-15-10-19-20(11-16(15)2)24(14-22-19)13-17-5-7-23(8-6-17)21(25)12-18-4-3-9-26-18/h3-4,9-11,14,17H,5-8,12-13H2,1-2H3. The minimum absolute atomic E-state index is 0.269. The molecule has 4 rings (SSSR count). The third-order valence-electron chi connectivity index (χ3n) is 5.56. The Hall–Kier alpha value is -2.14. The molecule has 5 heteroatoms. The first kappa shape index (κ1) is 17.3. The molecule has 1 aliphatic rings. The van der Waals surface area contributed by atoms with E-state index in [9.17, 15) is 4.79 Å². The molecule has 0 aliphatic carbocycles. The molecule has 3 aromatic rings. The van der Waals surface area contributed by atoms with Gasteiger partial charge in [-0.05, 0) is 67.3 Å². The van der Waals surface area contributed by atoms with Crippen molar-refractivity contribution < 1.29 is 4.79 Å². The largest absolute Gasteiger partial charge is 0.342 e. The number of amides is 1. The van der Waals surface area contributed by atoms with Crippen molar-refractivity contribution in [2.45, 2.75) is 39.7 Å². The van der Waals surface area contributed by atoms with Crippen LogP contribution in [0, 0.1) is 19.8 Å². The molecule has 1 amide bonds. The quantitative estimate of drug-likeness (QED) is 0.693. The Morgan fingerprint density at radius 3 is 2.73 bits per heavy atom. The molecule has 0 N–H and O–H groups in total. The number of carbonyl (C=O) groups excluding carboxylic acids is 1. The lowest BCUT2D eigenvalue weighted by molar-refractivity contribution is -0.131. The summed E-state index contributed by atoms with van der Waals surface area (Å²) >= 11 is 1.66. The number of hydrogen-bond acceptors (Lipinski definition) is 3. The number of benzene rings is 1. The number of likely N-dealkylation sites (tertiary alicyclic amines) is 1. The number of fused-ring (bicyclic) bond motifs is 1. The number of imidazole rings is 1. The topological polar surface area (TPSA) is 38.1 Å². The summed E-state index contributed by atoms with van der Waals surface area (Å²) in [7, 11) is 0. The highest BCUT2D eigenvalue weighted by molar-refractivity contribution is 7.10. The predicted molar refractivity (Wildman–Crippen MR) is 107 cm³/mol. The van der Waals surface area contributed by atoms with Crippen LogP contribution in [0.5, 0.6) is 0 Å². The Kier molecular flexibility index (Phi) is 4.81. The van der Waals surface area contributed by atoms with Gasteiger partial charge in [0.15, 0.2) is 0 Å². The maximum atomic E-state index is 12.5. The fourth-order valence-electron chi connectivity index (χ4n) is 3.78. The Labute approximate surface area is 158 Å². The van der Waals surface area contributed by atoms with Gasteiger partial charge in [-0.15, -0.1) is 11.3 Å². The Morgan fingerprint density at radius 2 is 2.00 bits per heavy atom. The number of hydrogen-bond donors (Lipinski definition) is 0. The van der Waals surface area contributed by atoms with Crippen LogP contribution >= 0.6 is 11.3 Å². The molecular weight excluding hydrogens is 342 g/mol. The molecule has 0 spiro atoms. The van der Waals surface area contributed by atoms with E-state index in [0.29, 0.717) is 12.3 Å². The molecule has 0 bridgehead atoms. The number of rotatable bonds is 4. The molecule has 0 atom stereocenters. The second-order valence-corrected chi connectivity index (χ2v) is 8.43. The van der Waals surface area contributed by atoms with Gasteiger partial charge in [-0.2, -0.15) is 0 Å². The molecule has 4 nitrogen and oxygen atoms in total. The number of nitrogens with zero attached hydrogens (tertiary/aromatic N) is 3. The van der Waals surface area contributed by atoms with Crippen LogP contribution in [0.4, 0.5) is 0 Å². The Balaban J connectivity index is 1.37. The minimum atomic E-state index is 0.269. The van der Waals surface area contributed by atoms with Crippen LogP contribution in [0.2, 0.25) is 0 Å². The van der Waals surface area contributed by atoms with E-state index < -0.39 is 0 Å². The molecule has 0 saturated carbocycles. The number of carbonyl (C=O) groups is 1. The van der Waals surface area contributed by atoms with Gasteiger partial charge in [0.1, 0.15) is 0 Å². The van der Waals surface area contributed by atoms with Gasteiger partial charge in [0.25, 0.3) is 0 Å². The van der Waals surface area contributed by atoms with Gasteiger partial charge in [0, 0.05) is 24.5 Å². The van der Waals surface area contributed by atoms with Gasteiger partial charge < -0.3 is 9.47 Å². The second kappa shape index (κ2) is 7.23. The maximum absolute atomic E-state index is 12.5. The lowest BCUT2D eigenvalue weighted by atomic mass is 9.96. The van der Waals surface area contributed by atoms with Gasteiger partial charge >= 0.3 is 0 Å². The molecule has 0 radical (unpaired) electrons. The van der Waals surface area contributed by atoms with Crippen molar-refractivity contribution in [1.29, 1.82) is 0 Å². The van der Waals surface area contributed by atoms with Gasteiger partial charge in [0.05, 0.1) is 23.8 Å². The average Bonchev–Trinajstić information content (AvgIpc) is 3.27. The average molecular weight is 368 g/mol. The van der Waals surface area contributed by atoms with Crippen LogP contribution in [0.1, 0.15) is 28.8 Å². The molecule has 1 aliphatic heterocycles. The first-order valence-corrected chi connectivity index (χ1v) is 10.2. The van der Waals surface area contributed by atoms with Crippen molar-refractivity contribution in [3.63, 3.8) is 0 Å². The predicted octanol–water partition coefficient (Wildman–Crippen LogP) is 4.20. The summed E-state index contributed by atoms with van der Waals surface area (Å²) in [6, 6.07) is 8.48. The summed E-state index contributed by atoms with van der Waals surface area (Å²) in [5, 5.41) is 2.04. The smallest absolute Gasteiger partial charge is 0.227 e. The van der Waals surface area contributed by atoms with E-state index in [1.54, 1.807) is 11.3 Å². The highest BCUT2D eigenvalue weighted by Gasteiger charge is 2.23. The van der Waals surface area contributed by atoms with Crippen LogP contribution in [0.3, 0.4) is 0 Å². The Bertz CT molecular complexity index is 905. The molecule has 0 unspecified atom stereocenters. The number of aryl methyl sites for hydroxylation is 2. The van der Waals surface area contributed by atoms with Crippen LogP contribution in [-0.2, 0) is 17.8 Å². The maximum Gasteiger partial charge on any atom is 0.227 e. The van der Waals surface area contributed by atoms with Crippen LogP contribution in [0.25, 0.3) is 11.0 Å². The highest BCUT2D eigenvalue weighted by atomic mass is 32.1. The van der Waals surface area contributed by atoms with E-state index in [1.807, 2.05) is 28.7 Å². The third kappa shape index (κ3) is 3.54. The molecule has 1 fully saturated rings. The molecule has 1 aromatic carbocycles. The van der Waals surface area contributed by atoms with Gasteiger partial charge in [0.2, 0.25) is 5.91 Å². The van der Waals surface area contributed by atoms with E-state index in [1.165, 1.54) is 16.6 Å². The van der Waals surface area contributed by atoms with Crippen molar-refractivity contribution in [2.24, 2.45) is 5.92 Å². The molecule has 2 aromatic heterocycles. The monoisotopic (exact) mass is 367 g/mol. The van der Waals surface area contributed by atoms with Crippen molar-refractivity contribution in [3.8, 4) is 0 Å². The van der Waals surface area contributed by atoms with Crippen LogP contribution in [0.15, 0.2) is 36.0 Å². The fraction of sp³-hybridized carbons (Fsp3) is 0.429. The number of thiophene rings is 1. The third-order valence-corrected chi connectivity index (χ3v) is 6.44. The highest BCUT2D eigenvalue weighted by Crippen LogP contribution is 2.24. The first-order chi connectivity index (χ1) is 12.6. The SMILES string of the molecule is Cc1cc2ncn(CC3CCN(C(=O)Cc4cccs4)CC3)c2cc1C. The van der Waals surface area contributed by atoms with Crippen molar-refractivity contribution in [2.75, 3.05) is 13.1 Å². The van der Waals surface area contributed by atoms with Gasteiger partial charge in [-0.1, -0.05) is 6.07 Å². The van der Waals surface area contributed by atoms with E-state index >= 15 is 0 Å². The van der Waals surface area contributed by atoms with E-state index in [2.05, 4.69) is 35.5 Å². The summed E-state index contributed by atoms with van der Waals surface area (Å²) in [5.74, 6) is 0.880. The Morgan fingerprint density at radius 1 is 1.23 bits per heavy atom. The summed E-state index contributed by atoms with van der Waals surface area (Å²) in [6.07, 6.45) is 4.66. The normalized spacial score (nSPS) is 15.7. The lowest BCUT2D eigenvalue weighted by Gasteiger charge is -2.32. The van der Waals surface area contributed by atoms with Gasteiger partial charge in [-0.3, -0.25) is 4.79 Å². The summed E-state index contributed by atoms with van der Waals surface area (Å²) in [4.78, 5) is 20.2. The zero-order valence-corrected chi connectivity index (χ0v) is 16.3. The van der Waals surface area contributed by atoms with E-state index in [0.717, 1.165) is 42.9 Å². The zero-order chi connectivity index (χ0) is 18.1. The minimum Gasteiger partial charge on any atom is -0.342 e. The summed E-state index contributed by atoms with van der Waals surface area (Å²) in [6.45, 7) is 7.03. The van der Waals surface area contributed by atoms with Crippen LogP contribution < -0.4 is 0 Å². The van der Waals surface area contributed by atoms with Crippen LogP contribution in [-0.4, -0.2) is 33.4 Å². The van der Waals surface area contributed by atoms with E-state index in [-0.39, 0.29) is 5.91 Å². The lowest BCUT2D eigenvalue weighted by Crippen LogP contribution is -2.40. The first-order valence-electron chi connectivity index (χ1n) is 9.32. The fourth-order valence-corrected chi connectivity index (χ4v) is 4.47. The molecule has 26 heavy (non-hydrogen) atoms. The van der Waals surface area contributed by atoms with Crippen molar-refractivity contribution in [1.82, 2.24) is 14.5 Å². The zero-order valence-electron chi connectivity index (χ0n) is 15.4. The molecule has 1 saturated heterocycles. The second-order valence-electron chi connectivity index (χ2n) is 7.40.